The normalized spacial score (nSPS) is 13.4. The van der Waals surface area contributed by atoms with Crippen LogP contribution in [0.1, 0.15) is 35.5 Å². The van der Waals surface area contributed by atoms with E-state index in [0.717, 1.165) is 52.1 Å². The lowest BCUT2D eigenvalue weighted by Gasteiger charge is -2.32. The van der Waals surface area contributed by atoms with E-state index in [4.69, 9.17) is 14.5 Å². The molecule has 0 saturated heterocycles. The number of thiazole rings is 1. The number of hydrogen-bond acceptors (Lipinski definition) is 8. The van der Waals surface area contributed by atoms with E-state index in [1.807, 2.05) is 53.9 Å². The summed E-state index contributed by atoms with van der Waals surface area (Å²) in [7, 11) is 1.62. The number of ether oxygens (including phenoxy) is 2. The highest BCUT2D eigenvalue weighted by atomic mass is 32.1. The highest BCUT2D eigenvalue weighted by Crippen LogP contribution is 2.30. The number of anilines is 1. The van der Waals surface area contributed by atoms with E-state index in [-0.39, 0.29) is 0 Å². The minimum Gasteiger partial charge on any atom is -0.497 e. The van der Waals surface area contributed by atoms with E-state index in [2.05, 4.69) is 29.0 Å². The lowest BCUT2D eigenvalue weighted by molar-refractivity contribution is -0.119. The van der Waals surface area contributed by atoms with Gasteiger partial charge in [-0.3, -0.25) is 20.0 Å². The van der Waals surface area contributed by atoms with Gasteiger partial charge in [-0.2, -0.15) is 0 Å². The van der Waals surface area contributed by atoms with Crippen molar-refractivity contribution >= 4 is 39.2 Å². The van der Waals surface area contributed by atoms with Gasteiger partial charge in [0.15, 0.2) is 11.7 Å². The molecule has 190 valence electrons. The van der Waals surface area contributed by atoms with Crippen LogP contribution in [0.4, 0.5) is 5.13 Å². The van der Waals surface area contributed by atoms with E-state index < -0.39 is 18.5 Å². The maximum absolute atomic E-state index is 13.3. The molecule has 0 fully saturated rings. The van der Waals surface area contributed by atoms with Crippen LogP contribution in [0.3, 0.4) is 0 Å². The average Bonchev–Trinajstić information content (AvgIpc) is 3.38. The number of fused-ring (bicyclic) bond motifs is 2. The van der Waals surface area contributed by atoms with Crippen LogP contribution in [0.25, 0.3) is 22.2 Å². The van der Waals surface area contributed by atoms with Crippen molar-refractivity contribution in [3.05, 3.63) is 70.7 Å². The molecular formula is C28H28N4O4S. The number of aromatic nitrogens is 2. The predicted octanol–water partition coefficient (Wildman–Crippen LogP) is 4.93. The molecule has 0 aliphatic carbocycles. The summed E-state index contributed by atoms with van der Waals surface area (Å²) < 4.78 is 10.7. The fourth-order valence-electron chi connectivity index (χ4n) is 4.47. The van der Waals surface area contributed by atoms with Crippen LogP contribution in [-0.2, 0) is 22.5 Å². The summed E-state index contributed by atoms with van der Waals surface area (Å²) >= 11 is 1.31. The number of hydrogen-bond donors (Lipinski definition) is 1. The molecule has 0 atom stereocenters. The number of carbonyl (C=O) groups excluding carboxylic acids is 2. The third kappa shape index (κ3) is 5.33. The molecule has 37 heavy (non-hydrogen) atoms. The van der Waals surface area contributed by atoms with E-state index in [1.54, 1.807) is 7.11 Å². The number of nitrogens with zero attached hydrogens (tertiary/aromatic N) is 3. The summed E-state index contributed by atoms with van der Waals surface area (Å²) in [5.74, 6) is -0.205. The zero-order valence-corrected chi connectivity index (χ0v) is 21.8. The van der Waals surface area contributed by atoms with Gasteiger partial charge in [0.2, 0.25) is 0 Å². The Morgan fingerprint density at radius 2 is 1.89 bits per heavy atom. The summed E-state index contributed by atoms with van der Waals surface area (Å²) in [6.07, 6.45) is 0.764. The highest BCUT2D eigenvalue weighted by Gasteiger charge is 2.28. The lowest BCUT2D eigenvalue weighted by atomic mass is 9.95. The molecule has 0 saturated carbocycles. The van der Waals surface area contributed by atoms with Crippen molar-refractivity contribution in [2.75, 3.05) is 25.6 Å². The molecule has 0 spiro atoms. The molecule has 4 aromatic rings. The number of benzene rings is 2. The Kier molecular flexibility index (Phi) is 7.16. The average molecular weight is 517 g/mol. The highest BCUT2D eigenvalue weighted by molar-refractivity contribution is 7.14. The van der Waals surface area contributed by atoms with E-state index in [0.29, 0.717) is 23.3 Å². The van der Waals surface area contributed by atoms with Crippen molar-refractivity contribution in [3.8, 4) is 17.0 Å². The van der Waals surface area contributed by atoms with Crippen molar-refractivity contribution in [2.45, 2.75) is 32.9 Å². The Morgan fingerprint density at radius 3 is 2.65 bits per heavy atom. The van der Waals surface area contributed by atoms with Gasteiger partial charge in [0.25, 0.3) is 5.91 Å². The molecule has 0 radical (unpaired) electrons. The standard InChI is InChI=1S/C28H28N4O4S/c1-17(2)32-13-12-23-21(14-32)26(20-6-4-5-7-22(20)29-23)27(34)36-15-25(33)31-28-30-24(16-37-28)18-8-10-19(35-3)11-9-18/h4-11,16-17H,12-15H2,1-3H3,(H,30,31,33). The Balaban J connectivity index is 1.30. The first kappa shape index (κ1) is 24.9. The SMILES string of the molecule is COc1ccc(-c2csc(NC(=O)COC(=O)c3c4c(nc5ccccc35)CCN(C(C)C)C4)n2)cc1. The largest absolute Gasteiger partial charge is 0.497 e. The van der Waals surface area contributed by atoms with Gasteiger partial charge in [0.1, 0.15) is 5.75 Å². The zero-order chi connectivity index (χ0) is 25.9. The fourth-order valence-corrected chi connectivity index (χ4v) is 5.20. The van der Waals surface area contributed by atoms with Gasteiger partial charge in [-0.25, -0.2) is 9.78 Å². The monoisotopic (exact) mass is 516 g/mol. The van der Waals surface area contributed by atoms with Crippen LogP contribution in [0.2, 0.25) is 0 Å². The Labute approximate surface area is 219 Å². The molecule has 8 nitrogen and oxygen atoms in total. The second kappa shape index (κ2) is 10.7. The molecule has 1 aliphatic rings. The molecule has 2 aromatic heterocycles. The summed E-state index contributed by atoms with van der Waals surface area (Å²) in [5.41, 5.74) is 4.70. The van der Waals surface area contributed by atoms with Crippen molar-refractivity contribution in [2.24, 2.45) is 0 Å². The zero-order valence-electron chi connectivity index (χ0n) is 21.0. The van der Waals surface area contributed by atoms with Crippen LogP contribution in [0, 0.1) is 0 Å². The Morgan fingerprint density at radius 1 is 1.11 bits per heavy atom. The van der Waals surface area contributed by atoms with Crippen molar-refractivity contribution in [1.29, 1.82) is 0 Å². The molecule has 1 amide bonds. The van der Waals surface area contributed by atoms with Gasteiger partial charge in [0.05, 0.1) is 23.9 Å². The molecular weight excluding hydrogens is 488 g/mol. The van der Waals surface area contributed by atoms with Crippen LogP contribution < -0.4 is 10.1 Å². The maximum Gasteiger partial charge on any atom is 0.339 e. The second-order valence-corrected chi connectivity index (χ2v) is 9.99. The first-order chi connectivity index (χ1) is 17.9. The summed E-state index contributed by atoms with van der Waals surface area (Å²) in [6.45, 7) is 5.38. The number of amides is 1. The number of methoxy groups -OCH3 is 1. The van der Waals surface area contributed by atoms with Crippen LogP contribution in [0.15, 0.2) is 53.9 Å². The van der Waals surface area contributed by atoms with E-state index in [9.17, 15) is 9.59 Å². The smallest absolute Gasteiger partial charge is 0.339 e. The number of esters is 1. The van der Waals surface area contributed by atoms with Crippen LogP contribution >= 0.6 is 11.3 Å². The van der Waals surface area contributed by atoms with Crippen LogP contribution in [0.5, 0.6) is 5.75 Å². The van der Waals surface area contributed by atoms with Crippen molar-refractivity contribution in [1.82, 2.24) is 14.9 Å². The van der Waals surface area contributed by atoms with Gasteiger partial charge in [-0.15, -0.1) is 11.3 Å². The molecule has 3 heterocycles. The molecule has 5 rings (SSSR count). The van der Waals surface area contributed by atoms with Gasteiger partial charge in [-0.05, 0) is 44.2 Å². The predicted molar refractivity (Wildman–Crippen MR) is 144 cm³/mol. The van der Waals surface area contributed by atoms with Gasteiger partial charge < -0.3 is 9.47 Å². The second-order valence-electron chi connectivity index (χ2n) is 9.13. The summed E-state index contributed by atoms with van der Waals surface area (Å²) in [5, 5.41) is 5.76. The van der Waals surface area contributed by atoms with Crippen molar-refractivity contribution < 1.29 is 19.1 Å². The molecule has 1 N–H and O–H groups in total. The van der Waals surface area contributed by atoms with E-state index in [1.165, 1.54) is 11.3 Å². The number of carbonyl (C=O) groups is 2. The molecule has 1 aliphatic heterocycles. The topological polar surface area (TPSA) is 93.6 Å². The number of nitrogens with one attached hydrogen (secondary N) is 1. The number of pyridine rings is 1. The first-order valence-electron chi connectivity index (χ1n) is 12.1. The molecule has 0 bridgehead atoms. The Hall–Kier alpha value is -3.82. The minimum atomic E-state index is -0.520. The Bertz CT molecular complexity index is 1450. The lowest BCUT2D eigenvalue weighted by Crippen LogP contribution is -2.37. The summed E-state index contributed by atoms with van der Waals surface area (Å²) in [4.78, 5) is 37.5. The summed E-state index contributed by atoms with van der Waals surface area (Å²) in [6, 6.07) is 15.4. The number of para-hydroxylation sites is 1. The van der Waals surface area contributed by atoms with Gasteiger partial charge >= 0.3 is 5.97 Å². The first-order valence-corrected chi connectivity index (χ1v) is 13.0. The number of rotatable bonds is 7. The molecule has 2 aromatic carbocycles. The van der Waals surface area contributed by atoms with Gasteiger partial charge in [-0.1, -0.05) is 18.2 Å². The molecule has 0 unspecified atom stereocenters. The van der Waals surface area contributed by atoms with Crippen LogP contribution in [-0.4, -0.2) is 53.0 Å². The quantitative estimate of drug-likeness (QED) is 0.348. The third-order valence-electron chi connectivity index (χ3n) is 6.48. The van der Waals surface area contributed by atoms with E-state index >= 15 is 0 Å². The third-order valence-corrected chi connectivity index (χ3v) is 7.24. The van der Waals surface area contributed by atoms with Crippen molar-refractivity contribution in [3.63, 3.8) is 0 Å². The van der Waals surface area contributed by atoms with Gasteiger partial charge in [0, 0.05) is 53.1 Å². The fraction of sp³-hybridized carbons (Fsp3) is 0.286. The molecule has 9 heteroatoms. The maximum atomic E-state index is 13.3. The minimum absolute atomic E-state index is 0.343.